The second-order valence-corrected chi connectivity index (χ2v) is 8.45. The van der Waals surface area contributed by atoms with Gasteiger partial charge < -0.3 is 9.32 Å². The maximum absolute atomic E-state index is 12.8. The number of carbonyl (C=O) groups is 1. The van der Waals surface area contributed by atoms with Gasteiger partial charge in [-0.3, -0.25) is 4.79 Å². The highest BCUT2D eigenvalue weighted by Gasteiger charge is 2.40. The third-order valence-corrected chi connectivity index (χ3v) is 6.40. The highest BCUT2D eigenvalue weighted by Crippen LogP contribution is 2.35. The first-order valence-electron chi connectivity index (χ1n) is 8.29. The number of rotatable bonds is 5. The van der Waals surface area contributed by atoms with Gasteiger partial charge in [-0.05, 0) is 31.2 Å². The molecule has 1 fully saturated rings. The van der Waals surface area contributed by atoms with Gasteiger partial charge in [0.15, 0.2) is 0 Å². The second-order valence-electron chi connectivity index (χ2n) is 6.21. The van der Waals surface area contributed by atoms with Gasteiger partial charge in [0.1, 0.15) is 5.54 Å². The summed E-state index contributed by atoms with van der Waals surface area (Å²) < 4.78 is 5.64. The zero-order chi connectivity index (χ0) is 17.9. The molecular weight excluding hydrogens is 356 g/mol. The molecule has 2 heterocycles. The number of nitrogens with zero attached hydrogens (tertiary/aromatic N) is 4. The Labute approximate surface area is 155 Å². The van der Waals surface area contributed by atoms with Crippen molar-refractivity contribution in [1.82, 2.24) is 15.1 Å². The third kappa shape index (κ3) is 3.72. The van der Waals surface area contributed by atoms with E-state index in [1.54, 1.807) is 11.9 Å². The van der Waals surface area contributed by atoms with Crippen molar-refractivity contribution >= 4 is 29.0 Å². The molecule has 0 aliphatic heterocycles. The van der Waals surface area contributed by atoms with Gasteiger partial charge in [-0.25, -0.2) is 0 Å². The van der Waals surface area contributed by atoms with Gasteiger partial charge in [0, 0.05) is 7.05 Å². The number of carbonyl (C=O) groups excluding carboxylic acids is 1. The number of amides is 1. The lowest BCUT2D eigenvalue weighted by molar-refractivity contribution is -0.133. The van der Waals surface area contributed by atoms with E-state index in [0.717, 1.165) is 37.0 Å². The molecule has 1 aliphatic carbocycles. The van der Waals surface area contributed by atoms with E-state index >= 15 is 0 Å². The van der Waals surface area contributed by atoms with Crippen molar-refractivity contribution in [2.75, 3.05) is 7.05 Å². The molecule has 0 unspecified atom stereocenters. The maximum Gasteiger partial charge on any atom is 0.277 e. The van der Waals surface area contributed by atoms with Crippen molar-refractivity contribution in [3.8, 4) is 16.8 Å². The van der Waals surface area contributed by atoms with E-state index in [-0.39, 0.29) is 5.91 Å². The summed E-state index contributed by atoms with van der Waals surface area (Å²) in [6, 6.07) is 6.22. The van der Waals surface area contributed by atoms with E-state index in [1.807, 2.05) is 24.4 Å². The quantitative estimate of drug-likeness (QED) is 0.735. The fourth-order valence-electron chi connectivity index (χ4n) is 3.10. The van der Waals surface area contributed by atoms with Crippen molar-refractivity contribution < 1.29 is 9.21 Å². The van der Waals surface area contributed by atoms with Gasteiger partial charge in [0.05, 0.1) is 16.2 Å². The smallest absolute Gasteiger partial charge is 0.277 e. The van der Waals surface area contributed by atoms with Crippen molar-refractivity contribution in [3.05, 3.63) is 17.5 Å². The highest BCUT2D eigenvalue weighted by molar-refractivity contribution is 8.00. The minimum atomic E-state index is -0.679. The summed E-state index contributed by atoms with van der Waals surface area (Å²) in [6.45, 7) is 1.81. The Morgan fingerprint density at radius 1 is 1.44 bits per heavy atom. The van der Waals surface area contributed by atoms with E-state index in [0.29, 0.717) is 11.1 Å². The number of nitriles is 1. The molecule has 1 saturated carbocycles. The standard InChI is InChI=1S/C17H20N4O2S2/c1-12(15(22)21(2)17(11-18)8-4-3-5-9-17)25-16-20-19-14(23-16)13-7-6-10-24-13/h6-7,10,12H,3-5,8-9H2,1-2H3/t12-/m0/s1. The van der Waals surface area contributed by atoms with E-state index in [4.69, 9.17) is 4.42 Å². The molecule has 6 nitrogen and oxygen atoms in total. The summed E-state index contributed by atoms with van der Waals surface area (Å²) in [7, 11) is 1.73. The van der Waals surface area contributed by atoms with E-state index < -0.39 is 10.8 Å². The lowest BCUT2D eigenvalue weighted by Gasteiger charge is -2.39. The lowest BCUT2D eigenvalue weighted by atomic mass is 9.81. The minimum absolute atomic E-state index is 0.0793. The predicted molar refractivity (Wildman–Crippen MR) is 97.1 cm³/mol. The van der Waals surface area contributed by atoms with Gasteiger partial charge in [0.25, 0.3) is 11.1 Å². The van der Waals surface area contributed by atoms with Gasteiger partial charge in [-0.1, -0.05) is 37.1 Å². The molecule has 8 heteroatoms. The molecule has 0 spiro atoms. The van der Waals surface area contributed by atoms with E-state index in [9.17, 15) is 10.1 Å². The first kappa shape index (κ1) is 18.0. The molecule has 0 aromatic carbocycles. The Hall–Kier alpha value is -1.85. The average Bonchev–Trinajstić information content (AvgIpc) is 3.32. The van der Waals surface area contributed by atoms with Crippen LogP contribution < -0.4 is 0 Å². The highest BCUT2D eigenvalue weighted by atomic mass is 32.2. The van der Waals surface area contributed by atoms with Crippen LogP contribution in [0.4, 0.5) is 0 Å². The Morgan fingerprint density at radius 3 is 2.84 bits per heavy atom. The normalized spacial score (nSPS) is 17.6. The SMILES string of the molecule is C[C@H](Sc1nnc(-c2cccs2)o1)C(=O)N(C)C1(C#N)CCCCC1. The molecule has 1 atom stereocenters. The Bertz CT molecular complexity index is 760. The van der Waals surface area contributed by atoms with E-state index in [2.05, 4.69) is 16.3 Å². The molecule has 1 amide bonds. The van der Waals surface area contributed by atoms with Gasteiger partial charge >= 0.3 is 0 Å². The zero-order valence-electron chi connectivity index (χ0n) is 14.3. The Balaban J connectivity index is 1.67. The fourth-order valence-corrected chi connectivity index (χ4v) is 4.52. The van der Waals surface area contributed by atoms with Gasteiger partial charge in [-0.2, -0.15) is 5.26 Å². The van der Waals surface area contributed by atoms with Crippen molar-refractivity contribution in [2.45, 2.75) is 55.0 Å². The lowest BCUT2D eigenvalue weighted by Crippen LogP contribution is -2.52. The van der Waals surface area contributed by atoms with Crippen LogP contribution in [0.25, 0.3) is 10.8 Å². The third-order valence-electron chi connectivity index (χ3n) is 4.63. The van der Waals surface area contributed by atoms with Crippen LogP contribution in [0.1, 0.15) is 39.0 Å². The zero-order valence-corrected chi connectivity index (χ0v) is 15.9. The maximum atomic E-state index is 12.8. The Morgan fingerprint density at radius 2 is 2.20 bits per heavy atom. The summed E-state index contributed by atoms with van der Waals surface area (Å²) >= 11 is 2.76. The summed E-state index contributed by atoms with van der Waals surface area (Å²) in [5.41, 5.74) is -0.679. The van der Waals surface area contributed by atoms with Crippen LogP contribution in [0.2, 0.25) is 0 Å². The van der Waals surface area contributed by atoms with Crippen molar-refractivity contribution in [3.63, 3.8) is 0 Å². The van der Waals surface area contributed by atoms with Crippen LogP contribution in [0, 0.1) is 11.3 Å². The molecule has 0 N–H and O–H groups in total. The largest absolute Gasteiger partial charge is 0.410 e. The molecule has 25 heavy (non-hydrogen) atoms. The fraction of sp³-hybridized carbons (Fsp3) is 0.529. The Kier molecular flexibility index (Phi) is 5.45. The molecule has 3 rings (SSSR count). The van der Waals surface area contributed by atoms with Crippen LogP contribution >= 0.6 is 23.1 Å². The van der Waals surface area contributed by atoms with E-state index in [1.165, 1.54) is 23.1 Å². The molecule has 0 radical (unpaired) electrons. The van der Waals surface area contributed by atoms with Crippen LogP contribution in [0.15, 0.2) is 27.2 Å². The van der Waals surface area contributed by atoms with Gasteiger partial charge in [-0.15, -0.1) is 21.5 Å². The van der Waals surface area contributed by atoms with Crippen LogP contribution in [-0.4, -0.2) is 38.8 Å². The van der Waals surface area contributed by atoms with Crippen LogP contribution in [0.5, 0.6) is 0 Å². The molecule has 2 aromatic heterocycles. The van der Waals surface area contributed by atoms with Crippen LogP contribution in [0.3, 0.4) is 0 Å². The average molecular weight is 377 g/mol. The number of hydrogen-bond donors (Lipinski definition) is 0. The molecular formula is C17H20N4O2S2. The van der Waals surface area contributed by atoms with Crippen LogP contribution in [-0.2, 0) is 4.79 Å². The first-order chi connectivity index (χ1) is 12.1. The predicted octanol–water partition coefficient (Wildman–Crippen LogP) is 3.96. The topological polar surface area (TPSA) is 83.0 Å². The molecule has 1 aliphatic rings. The monoisotopic (exact) mass is 376 g/mol. The molecule has 2 aromatic rings. The second kappa shape index (κ2) is 7.58. The summed E-state index contributed by atoms with van der Waals surface area (Å²) in [5.74, 6) is 0.385. The number of thiophene rings is 1. The number of hydrogen-bond acceptors (Lipinski definition) is 7. The molecule has 0 bridgehead atoms. The van der Waals surface area contributed by atoms with Crippen molar-refractivity contribution in [2.24, 2.45) is 0 Å². The minimum Gasteiger partial charge on any atom is -0.410 e. The molecule has 0 saturated heterocycles. The number of aromatic nitrogens is 2. The molecule has 132 valence electrons. The van der Waals surface area contributed by atoms with Crippen molar-refractivity contribution in [1.29, 1.82) is 5.26 Å². The summed E-state index contributed by atoms with van der Waals surface area (Å²) in [4.78, 5) is 15.3. The number of thioether (sulfide) groups is 1. The summed E-state index contributed by atoms with van der Waals surface area (Å²) in [6.07, 6.45) is 4.59. The first-order valence-corrected chi connectivity index (χ1v) is 10.0. The van der Waals surface area contributed by atoms with Gasteiger partial charge in [0.2, 0.25) is 5.91 Å². The summed E-state index contributed by atoms with van der Waals surface area (Å²) in [5, 5.41) is 19.6.